The first kappa shape index (κ1) is 24.7. The normalized spacial score (nSPS) is 14.2. The predicted octanol–water partition coefficient (Wildman–Crippen LogP) is 5.63. The molecule has 0 spiro atoms. The highest BCUT2D eigenvalue weighted by Crippen LogP contribution is 2.27. The van der Waals surface area contributed by atoms with E-state index >= 15 is 0 Å². The number of fused-ring (bicyclic) bond motifs is 1. The number of nitrogens with zero attached hydrogens (tertiary/aromatic N) is 1. The van der Waals surface area contributed by atoms with E-state index in [1.807, 2.05) is 19.1 Å². The molecule has 0 fully saturated rings. The summed E-state index contributed by atoms with van der Waals surface area (Å²) < 4.78 is 29.1. The highest BCUT2D eigenvalue weighted by molar-refractivity contribution is 14.1. The van der Waals surface area contributed by atoms with Crippen molar-refractivity contribution in [1.82, 2.24) is 5.32 Å². The molecule has 3 aromatic rings. The van der Waals surface area contributed by atoms with E-state index in [1.165, 1.54) is 28.3 Å². The number of benzene rings is 3. The quantitative estimate of drug-likeness (QED) is 0.347. The van der Waals surface area contributed by atoms with Crippen molar-refractivity contribution in [2.75, 3.05) is 10.8 Å². The van der Waals surface area contributed by atoms with E-state index in [1.54, 1.807) is 42.5 Å². The molecule has 5 nitrogen and oxygen atoms in total. The van der Waals surface area contributed by atoms with Gasteiger partial charge < -0.3 is 5.32 Å². The molecule has 4 rings (SSSR count). The van der Waals surface area contributed by atoms with Gasteiger partial charge in [0.2, 0.25) is 5.91 Å². The summed E-state index contributed by atoms with van der Waals surface area (Å²) in [6.45, 7) is 1.74. The Morgan fingerprint density at radius 1 is 0.971 bits per heavy atom. The zero-order valence-corrected chi connectivity index (χ0v) is 22.2. The van der Waals surface area contributed by atoms with Crippen molar-refractivity contribution in [3.63, 3.8) is 0 Å². The summed E-state index contributed by atoms with van der Waals surface area (Å²) in [5, 5.41) is 3.08. The van der Waals surface area contributed by atoms with Crippen LogP contribution in [-0.4, -0.2) is 20.9 Å². The predicted molar refractivity (Wildman–Crippen MR) is 144 cm³/mol. The molecule has 1 aliphatic rings. The minimum atomic E-state index is -3.91. The summed E-state index contributed by atoms with van der Waals surface area (Å²) in [5.41, 5.74) is 4.29. The number of sulfonamides is 1. The summed E-state index contributed by atoms with van der Waals surface area (Å²) in [6, 6.07) is 21.7. The van der Waals surface area contributed by atoms with Crippen LogP contribution in [0.2, 0.25) is 0 Å². The number of rotatable bonds is 8. The van der Waals surface area contributed by atoms with Crippen LogP contribution in [0.1, 0.15) is 48.9 Å². The van der Waals surface area contributed by atoms with Crippen LogP contribution in [0.25, 0.3) is 0 Å². The average Bonchev–Trinajstić information content (AvgIpc) is 2.86. The molecule has 1 amide bonds. The number of nitrogens with one attached hydrogen (secondary N) is 1. The number of amides is 1. The Balaban J connectivity index is 1.58. The first-order valence-corrected chi connectivity index (χ1v) is 14.1. The second kappa shape index (κ2) is 10.9. The maximum absolute atomic E-state index is 13.5. The lowest BCUT2D eigenvalue weighted by Crippen LogP contribution is -2.42. The van der Waals surface area contributed by atoms with Gasteiger partial charge in [0.1, 0.15) is 6.54 Å². The lowest BCUT2D eigenvalue weighted by molar-refractivity contribution is -0.120. The Kier molecular flexibility index (Phi) is 7.93. The standard InChI is InChI=1S/C27H29IN2O3S/c1-2-26(22-13-12-20-8-6-7-9-21(20)18-22)29-27(31)19-30(24-16-14-23(28)15-17-24)34(32,33)25-10-4-3-5-11-25/h3-5,10-18,26H,2,6-9,19H2,1H3,(H,29,31)/t26-/m0/s1. The van der Waals surface area contributed by atoms with Gasteiger partial charge in [-0.15, -0.1) is 0 Å². The Labute approximate surface area is 215 Å². The van der Waals surface area contributed by atoms with Gasteiger partial charge in [0.05, 0.1) is 16.6 Å². The van der Waals surface area contributed by atoms with Gasteiger partial charge in [0, 0.05) is 3.57 Å². The topological polar surface area (TPSA) is 66.5 Å². The molecule has 0 saturated carbocycles. The maximum Gasteiger partial charge on any atom is 0.264 e. The van der Waals surface area contributed by atoms with Crippen LogP contribution in [0, 0.1) is 3.57 Å². The minimum Gasteiger partial charge on any atom is -0.348 e. The van der Waals surface area contributed by atoms with Crippen LogP contribution >= 0.6 is 22.6 Å². The van der Waals surface area contributed by atoms with Crippen molar-refractivity contribution >= 4 is 44.2 Å². The van der Waals surface area contributed by atoms with E-state index in [2.05, 4.69) is 46.1 Å². The largest absolute Gasteiger partial charge is 0.348 e. The van der Waals surface area contributed by atoms with Crippen LogP contribution in [0.5, 0.6) is 0 Å². The Hall–Kier alpha value is -2.39. The molecule has 0 aromatic heterocycles. The highest BCUT2D eigenvalue weighted by Gasteiger charge is 2.28. The fourth-order valence-corrected chi connectivity index (χ4v) is 6.21. The molecule has 1 N–H and O–H groups in total. The maximum atomic E-state index is 13.5. The molecular weight excluding hydrogens is 559 g/mol. The average molecular weight is 589 g/mol. The van der Waals surface area contributed by atoms with Gasteiger partial charge >= 0.3 is 0 Å². The summed E-state index contributed by atoms with van der Waals surface area (Å²) in [4.78, 5) is 13.3. The van der Waals surface area contributed by atoms with E-state index < -0.39 is 10.0 Å². The molecule has 3 aromatic carbocycles. The van der Waals surface area contributed by atoms with E-state index in [-0.39, 0.29) is 23.4 Å². The van der Waals surface area contributed by atoms with E-state index in [0.717, 1.165) is 28.4 Å². The molecule has 0 aliphatic heterocycles. The van der Waals surface area contributed by atoms with Gasteiger partial charge in [0.25, 0.3) is 10.0 Å². The second-order valence-corrected chi connectivity index (χ2v) is 11.7. The molecule has 0 heterocycles. The van der Waals surface area contributed by atoms with Crippen molar-refractivity contribution < 1.29 is 13.2 Å². The number of hydrogen-bond donors (Lipinski definition) is 1. The molecular formula is C27H29IN2O3S. The molecule has 0 unspecified atom stereocenters. The van der Waals surface area contributed by atoms with Crippen molar-refractivity contribution in [2.24, 2.45) is 0 Å². The summed E-state index contributed by atoms with van der Waals surface area (Å²) in [7, 11) is -3.91. The number of aryl methyl sites for hydroxylation is 2. The smallest absolute Gasteiger partial charge is 0.264 e. The van der Waals surface area contributed by atoms with Gasteiger partial charge in [-0.3, -0.25) is 9.10 Å². The molecule has 1 atom stereocenters. The zero-order valence-electron chi connectivity index (χ0n) is 19.2. The lowest BCUT2D eigenvalue weighted by atomic mass is 9.89. The van der Waals surface area contributed by atoms with Gasteiger partial charge in [0.15, 0.2) is 0 Å². The van der Waals surface area contributed by atoms with Crippen LogP contribution < -0.4 is 9.62 Å². The number of carbonyl (C=O) groups excluding carboxylic acids is 1. The molecule has 178 valence electrons. The molecule has 1 aliphatic carbocycles. The molecule has 7 heteroatoms. The fourth-order valence-electron chi connectivity index (χ4n) is 4.40. The Bertz CT molecular complexity index is 1240. The lowest BCUT2D eigenvalue weighted by Gasteiger charge is -2.26. The third-order valence-corrected chi connectivity index (χ3v) is 8.76. The summed E-state index contributed by atoms with van der Waals surface area (Å²) in [5.74, 6) is -0.331. The number of hydrogen-bond acceptors (Lipinski definition) is 3. The van der Waals surface area contributed by atoms with Crippen molar-refractivity contribution in [1.29, 1.82) is 0 Å². The third-order valence-electron chi connectivity index (χ3n) is 6.25. The van der Waals surface area contributed by atoms with E-state index in [0.29, 0.717) is 5.69 Å². The van der Waals surface area contributed by atoms with Crippen LogP contribution in [0.3, 0.4) is 0 Å². The van der Waals surface area contributed by atoms with Crippen LogP contribution in [0.15, 0.2) is 77.7 Å². The zero-order chi connectivity index (χ0) is 24.1. The summed E-state index contributed by atoms with van der Waals surface area (Å²) in [6.07, 6.45) is 5.33. The first-order valence-electron chi connectivity index (χ1n) is 11.6. The first-order chi connectivity index (χ1) is 16.4. The van der Waals surface area contributed by atoms with E-state index in [9.17, 15) is 13.2 Å². The van der Waals surface area contributed by atoms with Crippen LogP contribution in [-0.2, 0) is 27.7 Å². The fraction of sp³-hybridized carbons (Fsp3) is 0.296. The number of halogens is 1. The van der Waals surface area contributed by atoms with Gasteiger partial charge in [-0.25, -0.2) is 8.42 Å². The summed E-state index contributed by atoms with van der Waals surface area (Å²) >= 11 is 2.17. The monoisotopic (exact) mass is 588 g/mol. The number of anilines is 1. The Morgan fingerprint density at radius 2 is 1.65 bits per heavy atom. The van der Waals surface area contributed by atoms with E-state index in [4.69, 9.17) is 0 Å². The number of carbonyl (C=O) groups is 1. The third kappa shape index (κ3) is 5.63. The van der Waals surface area contributed by atoms with Gasteiger partial charge in [-0.2, -0.15) is 0 Å². The molecule has 34 heavy (non-hydrogen) atoms. The SMILES string of the molecule is CC[C@H](NC(=O)CN(c1ccc(I)cc1)S(=O)(=O)c1ccccc1)c1ccc2c(c1)CCCC2. The molecule has 0 radical (unpaired) electrons. The molecule has 0 saturated heterocycles. The molecule has 0 bridgehead atoms. The van der Waals surface area contributed by atoms with Crippen molar-refractivity contribution in [3.8, 4) is 0 Å². The van der Waals surface area contributed by atoms with Crippen molar-refractivity contribution in [2.45, 2.75) is 50.0 Å². The van der Waals surface area contributed by atoms with Crippen LogP contribution in [0.4, 0.5) is 5.69 Å². The highest BCUT2D eigenvalue weighted by atomic mass is 127. The van der Waals surface area contributed by atoms with Crippen molar-refractivity contribution in [3.05, 3.63) is 93.1 Å². The Morgan fingerprint density at radius 3 is 2.32 bits per heavy atom. The van der Waals surface area contributed by atoms with Gasteiger partial charge in [-0.1, -0.05) is 43.3 Å². The van der Waals surface area contributed by atoms with Gasteiger partial charge in [-0.05, 0) is 108 Å². The second-order valence-electron chi connectivity index (χ2n) is 8.56. The minimum absolute atomic E-state index is 0.156.